The van der Waals surface area contributed by atoms with Gasteiger partial charge in [-0.25, -0.2) is 9.69 Å². The van der Waals surface area contributed by atoms with Crippen LogP contribution in [0.25, 0.3) is 0 Å². The zero-order valence-corrected chi connectivity index (χ0v) is 10.8. The monoisotopic (exact) mass is 275 g/mol. The minimum Gasteiger partial charge on any atom is -0.478 e. The van der Waals surface area contributed by atoms with E-state index in [0.29, 0.717) is 24.1 Å². The van der Waals surface area contributed by atoms with Crippen LogP contribution in [0.5, 0.6) is 0 Å². The number of morpholine rings is 1. The number of carbonyl (C=O) groups excluding carboxylic acids is 2. The topological polar surface area (TPSA) is 83.9 Å². The molecule has 20 heavy (non-hydrogen) atoms. The van der Waals surface area contributed by atoms with E-state index in [0.717, 1.165) is 4.90 Å². The number of carbonyl (C=O) groups is 3. The molecule has 2 aliphatic heterocycles. The number of anilines is 1. The van der Waals surface area contributed by atoms with Crippen molar-refractivity contribution < 1.29 is 24.2 Å². The molecule has 2 aliphatic rings. The standard InChI is InChI=1S/C14H13NO5/c1-7-2-3-8(6-9(7)14(18)19)15-12(16)10-4-5-11(20-10)13(15)17/h2-3,6,10-11H,4-5H2,1H3,(H,18,19). The lowest BCUT2D eigenvalue weighted by molar-refractivity contribution is -0.146. The molecule has 3 rings (SSSR count). The molecular weight excluding hydrogens is 262 g/mol. The van der Waals surface area contributed by atoms with Gasteiger partial charge < -0.3 is 9.84 Å². The number of carboxylic acid groups (broad SMARTS) is 1. The highest BCUT2D eigenvalue weighted by molar-refractivity contribution is 6.20. The fraction of sp³-hybridized carbons (Fsp3) is 0.357. The first-order valence-corrected chi connectivity index (χ1v) is 6.36. The average Bonchev–Trinajstić information content (AvgIpc) is 2.85. The zero-order valence-electron chi connectivity index (χ0n) is 10.8. The largest absolute Gasteiger partial charge is 0.478 e. The van der Waals surface area contributed by atoms with Crippen molar-refractivity contribution in [2.24, 2.45) is 0 Å². The first-order chi connectivity index (χ1) is 9.49. The van der Waals surface area contributed by atoms with Crippen molar-refractivity contribution in [3.8, 4) is 0 Å². The quantitative estimate of drug-likeness (QED) is 0.817. The van der Waals surface area contributed by atoms with Crippen LogP contribution in [0.1, 0.15) is 28.8 Å². The minimum absolute atomic E-state index is 0.0851. The Morgan fingerprint density at radius 2 is 1.85 bits per heavy atom. The lowest BCUT2D eigenvalue weighted by atomic mass is 10.1. The van der Waals surface area contributed by atoms with Crippen LogP contribution in [0.3, 0.4) is 0 Å². The summed E-state index contributed by atoms with van der Waals surface area (Å²) in [5, 5.41) is 9.12. The summed E-state index contributed by atoms with van der Waals surface area (Å²) in [6.45, 7) is 1.67. The maximum atomic E-state index is 12.2. The normalized spacial score (nSPS) is 25.1. The molecule has 0 spiro atoms. The third-order valence-electron chi connectivity index (χ3n) is 3.72. The number of ether oxygens (including phenoxy) is 1. The number of carboxylic acids is 1. The highest BCUT2D eigenvalue weighted by Crippen LogP contribution is 2.32. The molecule has 2 atom stereocenters. The molecule has 2 amide bonds. The van der Waals surface area contributed by atoms with Crippen molar-refractivity contribution in [3.05, 3.63) is 29.3 Å². The van der Waals surface area contributed by atoms with Gasteiger partial charge in [-0.05, 0) is 37.5 Å². The van der Waals surface area contributed by atoms with Crippen LogP contribution >= 0.6 is 0 Å². The number of amides is 2. The van der Waals surface area contributed by atoms with Crippen molar-refractivity contribution in [1.29, 1.82) is 0 Å². The van der Waals surface area contributed by atoms with Gasteiger partial charge in [-0.2, -0.15) is 0 Å². The first kappa shape index (κ1) is 12.8. The molecule has 0 radical (unpaired) electrons. The third kappa shape index (κ3) is 1.80. The van der Waals surface area contributed by atoms with Crippen molar-refractivity contribution in [1.82, 2.24) is 0 Å². The molecule has 0 saturated carbocycles. The number of benzene rings is 1. The van der Waals surface area contributed by atoms with E-state index in [1.807, 2.05) is 0 Å². The van der Waals surface area contributed by atoms with E-state index in [1.165, 1.54) is 6.07 Å². The van der Waals surface area contributed by atoms with Gasteiger partial charge in [-0.15, -0.1) is 0 Å². The van der Waals surface area contributed by atoms with Gasteiger partial charge in [0.15, 0.2) is 0 Å². The third-order valence-corrected chi connectivity index (χ3v) is 3.72. The van der Waals surface area contributed by atoms with E-state index in [1.54, 1.807) is 19.1 Å². The number of aromatic carboxylic acids is 1. The fourth-order valence-corrected chi connectivity index (χ4v) is 2.63. The lowest BCUT2D eigenvalue weighted by Crippen LogP contribution is -2.52. The molecule has 2 unspecified atom stereocenters. The molecule has 104 valence electrons. The van der Waals surface area contributed by atoms with Crippen molar-refractivity contribution in [3.63, 3.8) is 0 Å². The van der Waals surface area contributed by atoms with Gasteiger partial charge in [0.05, 0.1) is 11.3 Å². The van der Waals surface area contributed by atoms with Crippen LogP contribution < -0.4 is 4.90 Å². The van der Waals surface area contributed by atoms with Gasteiger partial charge in [0.25, 0.3) is 11.8 Å². The van der Waals surface area contributed by atoms with E-state index in [-0.39, 0.29) is 5.56 Å². The van der Waals surface area contributed by atoms with Gasteiger partial charge in [-0.1, -0.05) is 6.07 Å². The second-order valence-electron chi connectivity index (χ2n) is 5.01. The SMILES string of the molecule is Cc1ccc(N2C(=O)C3CCC(O3)C2=O)cc1C(=O)O. The Bertz CT molecular complexity index is 602. The molecule has 1 aromatic rings. The molecule has 6 heteroatoms. The second-order valence-corrected chi connectivity index (χ2v) is 5.01. The predicted octanol–water partition coefficient (Wildman–Crippen LogP) is 1.11. The zero-order chi connectivity index (χ0) is 14.4. The smallest absolute Gasteiger partial charge is 0.336 e. The van der Waals surface area contributed by atoms with E-state index in [2.05, 4.69) is 0 Å². The number of aryl methyl sites for hydroxylation is 1. The lowest BCUT2D eigenvalue weighted by Gasteiger charge is -2.30. The highest BCUT2D eigenvalue weighted by atomic mass is 16.5. The molecule has 2 saturated heterocycles. The molecule has 0 aromatic heterocycles. The number of hydrogen-bond acceptors (Lipinski definition) is 4. The van der Waals surface area contributed by atoms with Crippen molar-refractivity contribution in [2.75, 3.05) is 4.90 Å². The van der Waals surface area contributed by atoms with Gasteiger partial charge in [0, 0.05) is 0 Å². The van der Waals surface area contributed by atoms with Gasteiger partial charge in [0.2, 0.25) is 0 Å². The summed E-state index contributed by atoms with van der Waals surface area (Å²) in [5.41, 5.74) is 0.961. The number of fused-ring (bicyclic) bond motifs is 2. The Morgan fingerprint density at radius 1 is 1.25 bits per heavy atom. The highest BCUT2D eigenvalue weighted by Gasteiger charge is 2.47. The summed E-state index contributed by atoms with van der Waals surface area (Å²) >= 11 is 0. The summed E-state index contributed by atoms with van der Waals surface area (Å²) in [5.74, 6) is -1.91. The minimum atomic E-state index is -1.08. The average molecular weight is 275 g/mol. The first-order valence-electron chi connectivity index (χ1n) is 6.36. The van der Waals surface area contributed by atoms with E-state index >= 15 is 0 Å². The molecule has 6 nitrogen and oxygen atoms in total. The maximum Gasteiger partial charge on any atom is 0.336 e. The molecule has 2 heterocycles. The summed E-state index contributed by atoms with van der Waals surface area (Å²) in [6.07, 6.45) is -0.119. The Balaban J connectivity index is 2.04. The molecule has 0 aliphatic carbocycles. The Labute approximate surface area is 114 Å². The Hall–Kier alpha value is -2.21. The number of hydrogen-bond donors (Lipinski definition) is 1. The van der Waals surface area contributed by atoms with Crippen LogP contribution in [0.4, 0.5) is 5.69 Å². The van der Waals surface area contributed by atoms with Gasteiger partial charge in [0.1, 0.15) is 12.2 Å². The Morgan fingerprint density at radius 3 is 2.40 bits per heavy atom. The predicted molar refractivity (Wildman–Crippen MR) is 68.5 cm³/mol. The van der Waals surface area contributed by atoms with Crippen molar-refractivity contribution >= 4 is 23.5 Å². The molecule has 1 aromatic carbocycles. The van der Waals surface area contributed by atoms with Crippen LogP contribution in [0, 0.1) is 6.92 Å². The van der Waals surface area contributed by atoms with Gasteiger partial charge >= 0.3 is 5.97 Å². The molecule has 2 bridgehead atoms. The summed E-state index contributed by atoms with van der Waals surface area (Å²) in [6, 6.07) is 4.54. The van der Waals surface area contributed by atoms with Gasteiger partial charge in [-0.3, -0.25) is 9.59 Å². The van der Waals surface area contributed by atoms with Crippen molar-refractivity contribution in [2.45, 2.75) is 32.0 Å². The molecular formula is C14H13NO5. The Kier molecular flexibility index (Phi) is 2.83. The maximum absolute atomic E-state index is 12.2. The summed E-state index contributed by atoms with van der Waals surface area (Å²) in [4.78, 5) is 36.6. The number of imide groups is 1. The van der Waals surface area contributed by atoms with Crippen LogP contribution in [-0.4, -0.2) is 35.1 Å². The number of rotatable bonds is 2. The van der Waals surface area contributed by atoms with Crippen LogP contribution in [0.15, 0.2) is 18.2 Å². The van der Waals surface area contributed by atoms with E-state index in [4.69, 9.17) is 9.84 Å². The van der Waals surface area contributed by atoms with E-state index in [9.17, 15) is 14.4 Å². The van der Waals surface area contributed by atoms with Crippen LogP contribution in [0.2, 0.25) is 0 Å². The van der Waals surface area contributed by atoms with E-state index < -0.39 is 30.0 Å². The molecule has 2 fully saturated rings. The second kappa shape index (κ2) is 4.42. The van der Waals surface area contributed by atoms with Crippen LogP contribution in [-0.2, 0) is 14.3 Å². The summed E-state index contributed by atoms with van der Waals surface area (Å²) < 4.78 is 5.32. The summed E-state index contributed by atoms with van der Waals surface area (Å²) in [7, 11) is 0. The molecule has 1 N–H and O–H groups in total. The number of nitrogens with zero attached hydrogens (tertiary/aromatic N) is 1. The fourth-order valence-electron chi connectivity index (χ4n) is 2.63.